The lowest BCUT2D eigenvalue weighted by Gasteiger charge is -2.13. The van der Waals surface area contributed by atoms with Gasteiger partial charge in [-0.2, -0.15) is 0 Å². The molecule has 0 unspecified atom stereocenters. The standard InChI is InChI=1S/C135H82N12O3/c1-8-32-83(33-9-1)90-41-29-44-93(75-90)116-81-114(87-38-14-4-15-39-87)138-132(141-116)105-69-67-101(128-127(105)108-79-97(65-72-122(108)149-128)135-144-111-55-24-27-58-120(111)147(135)100-50-20-7-21-51-100)91-42-28-40-89(74-91)84-60-62-88(63-61-84)115-80-112(85-34-10-2-11-35-85)137-131(139-115)104-70-68-102(129-126(104)107-78-96(66-73-123(107)150-129)134-143-110-54-23-26-57-119(110)146(134)99-48-18-6-19-49-99)92-43-30-45-94(76-92)117-82-113(86-36-12-3-13-37-86)136-130(140-117)103-52-31-59-124-125(103)106-77-95(64-71-121(106)148-124)133-142-109-53-22-25-56-118(109)145(133)98-46-16-5-17-47-98/h1-82H. The summed E-state index contributed by atoms with van der Waals surface area (Å²) in [5, 5.41) is 5.28. The minimum absolute atomic E-state index is 0.513. The molecule has 15 heteroatoms. The van der Waals surface area contributed by atoms with Gasteiger partial charge in [0.2, 0.25) is 0 Å². The predicted octanol–water partition coefficient (Wildman–Crippen LogP) is 34.4. The quantitative estimate of drug-likeness (QED) is 0.0752. The Morgan fingerprint density at radius 1 is 0.153 bits per heavy atom. The molecule has 150 heavy (non-hydrogen) atoms. The Labute approximate surface area is 859 Å². The van der Waals surface area contributed by atoms with E-state index in [1.165, 1.54) is 0 Å². The minimum atomic E-state index is 0.513. The maximum atomic E-state index is 7.45. The number of imidazole rings is 3. The zero-order valence-corrected chi connectivity index (χ0v) is 80.4. The molecule has 0 amide bonds. The second kappa shape index (κ2) is 35.8. The molecule has 700 valence electrons. The van der Waals surface area contributed by atoms with Crippen LogP contribution in [0.1, 0.15) is 0 Å². The summed E-state index contributed by atoms with van der Waals surface area (Å²) in [5.41, 5.74) is 36.0. The van der Waals surface area contributed by atoms with Gasteiger partial charge in [-0.3, -0.25) is 13.7 Å². The Morgan fingerprint density at radius 3 is 0.813 bits per heavy atom. The Balaban J connectivity index is 0.564. The Hall–Kier alpha value is -20.5. The number of nitrogens with zero attached hydrogens (tertiary/aromatic N) is 12. The first kappa shape index (κ1) is 86.2. The van der Waals surface area contributed by atoms with E-state index in [2.05, 4.69) is 426 Å². The SMILES string of the molecule is c1ccc(-c2cccc(-c3cc(-c4ccccc4)nc(-c4ccc(-c5cccc(-c6ccc(-c7cc(-c8ccccc8)nc(-c8ccc(-c9cccc(-c%10cc(-c%11ccccc%11)nc(-c%11cccc%12oc%13ccc(-c%14nc%15ccccc%15n%14-c%14ccccc%14)cc%13c%11%12)n%10)c9)c9oc%10ccc(-c%11nc%12ccccc%12n%11-c%11ccccc%11)cc%10c89)n7)cc6)c5)c5oc6ccc(-c7nc8ccccc8n7-c7ccccc7)cc6c45)n3)c2)cc1. The maximum absolute atomic E-state index is 7.45. The number of hydrogen-bond donors (Lipinski definition) is 0. The number of furan rings is 3. The molecule has 0 radical (unpaired) electrons. The highest BCUT2D eigenvalue weighted by Crippen LogP contribution is 2.50. The first-order chi connectivity index (χ1) is 74.3. The lowest BCUT2D eigenvalue weighted by atomic mass is 9.94. The maximum Gasteiger partial charge on any atom is 0.161 e. The molecular formula is C135H82N12O3. The molecule has 0 aliphatic carbocycles. The molecule has 0 N–H and O–H groups in total. The van der Waals surface area contributed by atoms with Gasteiger partial charge in [-0.05, 0) is 228 Å². The number of para-hydroxylation sites is 9. The fraction of sp³-hybridized carbons (Fsp3) is 0. The summed E-state index contributed by atoms with van der Waals surface area (Å²) in [5.74, 6) is 4.01. The van der Waals surface area contributed by atoms with E-state index >= 15 is 0 Å². The van der Waals surface area contributed by atoms with Crippen molar-refractivity contribution in [3.8, 4) is 197 Å². The molecular weight excluding hydrogens is 1840 g/mol. The van der Waals surface area contributed by atoms with Gasteiger partial charge in [0, 0.05) is 127 Å². The molecule has 29 aromatic rings. The molecule has 15 nitrogen and oxygen atoms in total. The van der Waals surface area contributed by atoms with Gasteiger partial charge in [-0.1, -0.05) is 303 Å². The average molecular weight is 1920 g/mol. The van der Waals surface area contributed by atoms with Crippen LogP contribution in [0.3, 0.4) is 0 Å². The van der Waals surface area contributed by atoms with E-state index < -0.39 is 0 Å². The summed E-state index contributed by atoms with van der Waals surface area (Å²) in [6.07, 6.45) is 0. The van der Waals surface area contributed by atoms with Crippen molar-refractivity contribution in [2.45, 2.75) is 0 Å². The molecule has 0 saturated heterocycles. The van der Waals surface area contributed by atoms with Crippen LogP contribution in [0.2, 0.25) is 0 Å². The number of fused-ring (bicyclic) bond motifs is 12. The van der Waals surface area contributed by atoms with Crippen LogP contribution in [0.4, 0.5) is 0 Å². The number of benzene rings is 20. The van der Waals surface area contributed by atoms with Crippen molar-refractivity contribution in [3.05, 3.63) is 497 Å². The summed E-state index contributed by atoms with van der Waals surface area (Å²) >= 11 is 0. The van der Waals surface area contributed by atoms with E-state index in [0.29, 0.717) is 45.4 Å². The van der Waals surface area contributed by atoms with Crippen LogP contribution in [-0.4, -0.2) is 58.6 Å². The summed E-state index contributed by atoms with van der Waals surface area (Å²) in [7, 11) is 0. The first-order valence-corrected chi connectivity index (χ1v) is 50.2. The van der Waals surface area contributed by atoms with Gasteiger partial charge >= 0.3 is 0 Å². The van der Waals surface area contributed by atoms with Crippen LogP contribution in [0.5, 0.6) is 0 Å². The minimum Gasteiger partial charge on any atom is -0.456 e. The number of hydrogen-bond acceptors (Lipinski definition) is 12. The van der Waals surface area contributed by atoms with Crippen molar-refractivity contribution in [2.24, 2.45) is 0 Å². The molecule has 29 rings (SSSR count). The zero-order valence-electron chi connectivity index (χ0n) is 80.4. The van der Waals surface area contributed by atoms with Gasteiger partial charge in [-0.25, -0.2) is 44.9 Å². The van der Waals surface area contributed by atoms with E-state index in [9.17, 15) is 0 Å². The van der Waals surface area contributed by atoms with E-state index in [4.69, 9.17) is 58.1 Å². The summed E-state index contributed by atoms with van der Waals surface area (Å²) in [6, 6.07) is 173. The van der Waals surface area contributed by atoms with Gasteiger partial charge in [0.25, 0.3) is 0 Å². The van der Waals surface area contributed by atoms with E-state index in [-0.39, 0.29) is 0 Å². The second-order valence-electron chi connectivity index (χ2n) is 37.8. The van der Waals surface area contributed by atoms with Crippen molar-refractivity contribution >= 4 is 98.9 Å². The number of aromatic nitrogens is 12. The highest BCUT2D eigenvalue weighted by molar-refractivity contribution is 6.19. The van der Waals surface area contributed by atoms with Crippen LogP contribution in [0, 0.1) is 0 Å². The van der Waals surface area contributed by atoms with Gasteiger partial charge in [0.1, 0.15) is 51.0 Å². The molecule has 0 spiro atoms. The fourth-order valence-electron chi connectivity index (χ4n) is 21.6. The van der Waals surface area contributed by atoms with E-state index in [0.717, 1.165) is 251 Å². The molecule has 0 bridgehead atoms. The molecule has 0 atom stereocenters. The highest BCUT2D eigenvalue weighted by Gasteiger charge is 2.30. The molecule has 0 aliphatic heterocycles. The summed E-state index contributed by atoms with van der Waals surface area (Å²) in [4.78, 5) is 49.6. The Morgan fingerprint density at radius 2 is 0.420 bits per heavy atom. The van der Waals surface area contributed by atoms with Crippen LogP contribution in [-0.2, 0) is 0 Å². The normalized spacial score (nSPS) is 11.7. The molecule has 20 aromatic carbocycles. The van der Waals surface area contributed by atoms with Crippen molar-refractivity contribution in [2.75, 3.05) is 0 Å². The summed E-state index contributed by atoms with van der Waals surface area (Å²) in [6.45, 7) is 0. The van der Waals surface area contributed by atoms with Gasteiger partial charge < -0.3 is 13.3 Å². The lowest BCUT2D eigenvalue weighted by Crippen LogP contribution is -1.98. The fourth-order valence-corrected chi connectivity index (χ4v) is 21.6. The molecule has 9 aromatic heterocycles. The van der Waals surface area contributed by atoms with Crippen LogP contribution in [0.25, 0.3) is 296 Å². The third-order valence-corrected chi connectivity index (χ3v) is 28.8. The van der Waals surface area contributed by atoms with Crippen molar-refractivity contribution < 1.29 is 13.3 Å². The van der Waals surface area contributed by atoms with Crippen LogP contribution >= 0.6 is 0 Å². The zero-order chi connectivity index (χ0) is 98.8. The first-order valence-electron chi connectivity index (χ1n) is 50.2. The van der Waals surface area contributed by atoms with Gasteiger partial charge in [0.15, 0.2) is 17.5 Å². The third kappa shape index (κ3) is 15.1. The smallest absolute Gasteiger partial charge is 0.161 e. The molecule has 9 heterocycles. The molecule has 0 fully saturated rings. The average Bonchev–Trinajstić information content (AvgIpc) is 1.61. The largest absolute Gasteiger partial charge is 0.456 e. The van der Waals surface area contributed by atoms with Crippen LogP contribution in [0.15, 0.2) is 511 Å². The topological polar surface area (TPSA) is 170 Å². The van der Waals surface area contributed by atoms with Crippen molar-refractivity contribution in [1.29, 1.82) is 0 Å². The van der Waals surface area contributed by atoms with E-state index in [1.54, 1.807) is 0 Å². The van der Waals surface area contributed by atoms with Gasteiger partial charge in [-0.15, -0.1) is 0 Å². The molecule has 0 aliphatic rings. The Kier molecular flexibility index (Phi) is 20.6. The second-order valence-corrected chi connectivity index (χ2v) is 37.8. The third-order valence-electron chi connectivity index (χ3n) is 28.8. The lowest BCUT2D eigenvalue weighted by molar-refractivity contribution is 0.669. The molecule has 0 saturated carbocycles. The predicted molar refractivity (Wildman–Crippen MR) is 606 cm³/mol. The van der Waals surface area contributed by atoms with Crippen molar-refractivity contribution in [3.63, 3.8) is 0 Å². The van der Waals surface area contributed by atoms with E-state index in [1.807, 2.05) is 84.9 Å². The number of rotatable bonds is 19. The van der Waals surface area contributed by atoms with Crippen molar-refractivity contribution in [1.82, 2.24) is 58.6 Å². The Bertz CT molecular complexity index is 10400. The highest BCUT2D eigenvalue weighted by atomic mass is 16.3. The van der Waals surface area contributed by atoms with Gasteiger partial charge in [0.05, 0.1) is 67.3 Å². The summed E-state index contributed by atoms with van der Waals surface area (Å²) < 4.78 is 28.3. The van der Waals surface area contributed by atoms with Crippen LogP contribution < -0.4 is 0 Å². The monoisotopic (exact) mass is 1920 g/mol.